The van der Waals surface area contributed by atoms with Crippen LogP contribution in [0.3, 0.4) is 0 Å². The first-order valence-corrected chi connectivity index (χ1v) is 6.98. The van der Waals surface area contributed by atoms with Gasteiger partial charge >= 0.3 is 0 Å². The molecule has 0 fully saturated rings. The summed E-state index contributed by atoms with van der Waals surface area (Å²) >= 11 is 3.43. The van der Waals surface area contributed by atoms with Crippen molar-refractivity contribution in [3.63, 3.8) is 0 Å². The molecule has 17 heavy (non-hydrogen) atoms. The molecule has 0 spiro atoms. The minimum absolute atomic E-state index is 0.455. The lowest BCUT2D eigenvalue weighted by Crippen LogP contribution is -2.06. The van der Waals surface area contributed by atoms with Crippen molar-refractivity contribution < 1.29 is 9.84 Å². The minimum atomic E-state index is -0.455. The number of aliphatic hydroxyl groups is 1. The van der Waals surface area contributed by atoms with E-state index >= 15 is 0 Å². The first-order chi connectivity index (χ1) is 8.08. The summed E-state index contributed by atoms with van der Waals surface area (Å²) in [6.45, 7) is 6.86. The summed E-state index contributed by atoms with van der Waals surface area (Å²) in [5.41, 5.74) is 0.876. The fourth-order valence-electron chi connectivity index (χ4n) is 1.74. The Labute approximate surface area is 112 Å². The SMILES string of the molecule is CCOc1ccc(Br)cc1C(O)CC(C)CC. The van der Waals surface area contributed by atoms with Crippen molar-refractivity contribution in [1.29, 1.82) is 0 Å². The largest absolute Gasteiger partial charge is 0.493 e. The molecule has 1 N–H and O–H groups in total. The van der Waals surface area contributed by atoms with E-state index in [4.69, 9.17) is 4.74 Å². The standard InChI is InChI=1S/C14H21BrO2/c1-4-10(3)8-13(16)12-9-11(15)6-7-14(12)17-5-2/h6-7,9-10,13,16H,4-5,8H2,1-3H3. The van der Waals surface area contributed by atoms with E-state index in [1.54, 1.807) is 0 Å². The highest BCUT2D eigenvalue weighted by atomic mass is 79.9. The van der Waals surface area contributed by atoms with Gasteiger partial charge in [-0.15, -0.1) is 0 Å². The molecule has 0 saturated heterocycles. The van der Waals surface area contributed by atoms with E-state index in [2.05, 4.69) is 29.8 Å². The van der Waals surface area contributed by atoms with Crippen LogP contribution < -0.4 is 4.74 Å². The zero-order valence-electron chi connectivity index (χ0n) is 10.7. The van der Waals surface area contributed by atoms with E-state index in [-0.39, 0.29) is 0 Å². The Kier molecular flexibility index (Phi) is 6.00. The van der Waals surface area contributed by atoms with Crippen LogP contribution >= 0.6 is 15.9 Å². The van der Waals surface area contributed by atoms with Gasteiger partial charge < -0.3 is 9.84 Å². The summed E-state index contributed by atoms with van der Waals surface area (Å²) in [4.78, 5) is 0. The number of halogens is 1. The molecule has 1 aromatic carbocycles. The van der Waals surface area contributed by atoms with Gasteiger partial charge in [-0.3, -0.25) is 0 Å². The van der Waals surface area contributed by atoms with Crippen LogP contribution in [0.2, 0.25) is 0 Å². The Bertz CT molecular complexity index is 352. The van der Waals surface area contributed by atoms with Crippen molar-refractivity contribution in [2.75, 3.05) is 6.61 Å². The summed E-state index contributed by atoms with van der Waals surface area (Å²) in [6.07, 6.45) is 1.39. The van der Waals surface area contributed by atoms with E-state index < -0.39 is 6.10 Å². The van der Waals surface area contributed by atoms with E-state index in [9.17, 15) is 5.11 Å². The molecule has 3 heteroatoms. The van der Waals surface area contributed by atoms with Crippen LogP contribution in [0.15, 0.2) is 22.7 Å². The Hall–Kier alpha value is -0.540. The topological polar surface area (TPSA) is 29.5 Å². The van der Waals surface area contributed by atoms with Gasteiger partial charge in [0.1, 0.15) is 5.75 Å². The Morgan fingerprint density at radius 1 is 1.35 bits per heavy atom. The third-order valence-electron chi connectivity index (χ3n) is 2.95. The summed E-state index contributed by atoms with van der Waals surface area (Å²) in [5, 5.41) is 10.3. The Morgan fingerprint density at radius 3 is 2.65 bits per heavy atom. The van der Waals surface area contributed by atoms with E-state index in [0.717, 1.165) is 28.6 Å². The number of benzene rings is 1. The number of aliphatic hydroxyl groups excluding tert-OH is 1. The number of hydrogen-bond acceptors (Lipinski definition) is 2. The maximum absolute atomic E-state index is 10.3. The van der Waals surface area contributed by atoms with Crippen molar-refractivity contribution in [3.05, 3.63) is 28.2 Å². The lowest BCUT2D eigenvalue weighted by Gasteiger charge is -2.18. The van der Waals surface area contributed by atoms with Crippen molar-refractivity contribution in [3.8, 4) is 5.75 Å². The normalized spacial score (nSPS) is 14.4. The molecule has 1 rings (SSSR count). The lowest BCUT2D eigenvalue weighted by molar-refractivity contribution is 0.142. The van der Waals surface area contributed by atoms with Gasteiger partial charge in [0.2, 0.25) is 0 Å². The zero-order chi connectivity index (χ0) is 12.8. The van der Waals surface area contributed by atoms with Crippen LogP contribution in [0, 0.1) is 5.92 Å². The highest BCUT2D eigenvalue weighted by Crippen LogP contribution is 2.32. The first kappa shape index (κ1) is 14.5. The third-order valence-corrected chi connectivity index (χ3v) is 3.45. The second kappa shape index (κ2) is 7.02. The average molecular weight is 301 g/mol. The predicted octanol–water partition coefficient (Wildman–Crippen LogP) is 4.32. The second-order valence-electron chi connectivity index (χ2n) is 4.38. The van der Waals surface area contributed by atoms with E-state index in [1.807, 2.05) is 25.1 Å². The molecule has 0 aliphatic heterocycles. The van der Waals surface area contributed by atoms with Gasteiger partial charge in [-0.2, -0.15) is 0 Å². The van der Waals surface area contributed by atoms with Gasteiger partial charge in [-0.1, -0.05) is 36.2 Å². The van der Waals surface area contributed by atoms with Crippen LogP contribution in [0.25, 0.3) is 0 Å². The summed E-state index contributed by atoms with van der Waals surface area (Å²) < 4.78 is 6.52. The molecule has 0 aliphatic rings. The van der Waals surface area contributed by atoms with Crippen molar-refractivity contribution in [2.24, 2.45) is 5.92 Å². The molecular weight excluding hydrogens is 280 g/mol. The van der Waals surface area contributed by atoms with Crippen molar-refractivity contribution in [1.82, 2.24) is 0 Å². The smallest absolute Gasteiger partial charge is 0.125 e. The molecule has 2 unspecified atom stereocenters. The van der Waals surface area contributed by atoms with Crippen LogP contribution in [0.5, 0.6) is 5.75 Å². The number of hydrogen-bond donors (Lipinski definition) is 1. The molecule has 96 valence electrons. The van der Waals surface area contributed by atoms with Crippen LogP contribution in [0.1, 0.15) is 45.3 Å². The summed E-state index contributed by atoms with van der Waals surface area (Å²) in [7, 11) is 0. The van der Waals surface area contributed by atoms with E-state index in [0.29, 0.717) is 12.5 Å². The monoisotopic (exact) mass is 300 g/mol. The van der Waals surface area contributed by atoms with Crippen molar-refractivity contribution in [2.45, 2.75) is 39.7 Å². The molecular formula is C14H21BrO2. The average Bonchev–Trinajstić information content (AvgIpc) is 2.31. The maximum Gasteiger partial charge on any atom is 0.125 e. The van der Waals surface area contributed by atoms with E-state index in [1.165, 1.54) is 0 Å². The number of rotatable bonds is 6. The fraction of sp³-hybridized carbons (Fsp3) is 0.571. The van der Waals surface area contributed by atoms with Crippen LogP contribution in [-0.2, 0) is 0 Å². The minimum Gasteiger partial charge on any atom is -0.493 e. The molecule has 0 bridgehead atoms. The summed E-state index contributed by atoms with van der Waals surface area (Å²) in [5.74, 6) is 1.30. The first-order valence-electron chi connectivity index (χ1n) is 6.18. The quantitative estimate of drug-likeness (QED) is 0.848. The molecule has 0 radical (unpaired) electrons. The van der Waals surface area contributed by atoms with Crippen LogP contribution in [-0.4, -0.2) is 11.7 Å². The second-order valence-corrected chi connectivity index (χ2v) is 5.30. The molecule has 1 aromatic rings. The third kappa shape index (κ3) is 4.32. The van der Waals surface area contributed by atoms with Gasteiger partial charge in [-0.05, 0) is 37.5 Å². The molecule has 2 atom stereocenters. The molecule has 2 nitrogen and oxygen atoms in total. The fourth-order valence-corrected chi connectivity index (χ4v) is 2.12. The van der Waals surface area contributed by atoms with Crippen molar-refractivity contribution >= 4 is 15.9 Å². The molecule has 0 heterocycles. The molecule has 0 aliphatic carbocycles. The van der Waals surface area contributed by atoms with Gasteiger partial charge in [0.05, 0.1) is 12.7 Å². The van der Waals surface area contributed by atoms with Gasteiger partial charge in [0, 0.05) is 10.0 Å². The maximum atomic E-state index is 10.3. The van der Waals surface area contributed by atoms with Crippen LogP contribution in [0.4, 0.5) is 0 Å². The number of ether oxygens (including phenoxy) is 1. The highest BCUT2D eigenvalue weighted by Gasteiger charge is 2.16. The van der Waals surface area contributed by atoms with Gasteiger partial charge in [0.15, 0.2) is 0 Å². The molecule has 0 aromatic heterocycles. The molecule has 0 amide bonds. The lowest BCUT2D eigenvalue weighted by atomic mass is 9.96. The predicted molar refractivity (Wildman–Crippen MR) is 74.3 cm³/mol. The zero-order valence-corrected chi connectivity index (χ0v) is 12.3. The highest BCUT2D eigenvalue weighted by molar-refractivity contribution is 9.10. The Balaban J connectivity index is 2.89. The van der Waals surface area contributed by atoms with Gasteiger partial charge in [0.25, 0.3) is 0 Å². The van der Waals surface area contributed by atoms with Gasteiger partial charge in [-0.25, -0.2) is 0 Å². The Morgan fingerprint density at radius 2 is 2.06 bits per heavy atom. The summed E-state index contributed by atoms with van der Waals surface area (Å²) in [6, 6.07) is 5.78. The molecule has 0 saturated carbocycles.